The van der Waals surface area contributed by atoms with Gasteiger partial charge >= 0.3 is 0 Å². The number of hydrogen-bond donors (Lipinski definition) is 3. The Bertz CT molecular complexity index is 1120. The zero-order chi connectivity index (χ0) is 22.0. The van der Waals surface area contributed by atoms with E-state index in [-0.39, 0.29) is 23.3 Å². The van der Waals surface area contributed by atoms with Crippen LogP contribution >= 0.6 is 0 Å². The number of nitrogens with one attached hydrogen (secondary N) is 2. The van der Waals surface area contributed by atoms with E-state index in [9.17, 15) is 9.90 Å². The van der Waals surface area contributed by atoms with Gasteiger partial charge in [0.15, 0.2) is 11.5 Å². The van der Waals surface area contributed by atoms with Crippen LogP contribution in [-0.4, -0.2) is 59.6 Å². The largest absolute Gasteiger partial charge is 0.393 e. The van der Waals surface area contributed by atoms with Gasteiger partial charge in [-0.25, -0.2) is 4.98 Å². The first-order valence-electron chi connectivity index (χ1n) is 10.4. The molecule has 11 nitrogen and oxygen atoms in total. The summed E-state index contributed by atoms with van der Waals surface area (Å²) in [6.07, 6.45) is 6.07. The number of nitriles is 1. The Morgan fingerprint density at radius 3 is 2.84 bits per heavy atom. The summed E-state index contributed by atoms with van der Waals surface area (Å²) in [7, 11) is 0. The lowest BCUT2D eigenvalue weighted by atomic mass is 9.82. The lowest BCUT2D eigenvalue weighted by Crippen LogP contribution is -2.60. The van der Waals surface area contributed by atoms with Crippen LogP contribution in [-0.2, 0) is 10.3 Å². The Morgan fingerprint density at radius 2 is 2.19 bits per heavy atom. The molecule has 2 aliphatic rings. The molecule has 0 radical (unpaired) electrons. The third kappa shape index (κ3) is 3.75. The highest BCUT2D eigenvalue weighted by atomic mass is 16.3. The minimum atomic E-state index is -0.401. The van der Waals surface area contributed by atoms with E-state index in [2.05, 4.69) is 36.9 Å². The molecule has 3 aromatic heterocycles. The van der Waals surface area contributed by atoms with Gasteiger partial charge in [-0.15, -0.1) is 5.10 Å². The molecule has 1 saturated heterocycles. The van der Waals surface area contributed by atoms with Crippen molar-refractivity contribution >= 4 is 17.5 Å². The van der Waals surface area contributed by atoms with Crippen LogP contribution < -0.4 is 10.6 Å². The van der Waals surface area contributed by atoms with Crippen LogP contribution in [0.15, 0.2) is 24.7 Å². The normalized spacial score (nSPS) is 21.2. The van der Waals surface area contributed by atoms with Crippen molar-refractivity contribution in [3.8, 4) is 17.5 Å². The minimum Gasteiger partial charge on any atom is -0.393 e. The van der Waals surface area contributed by atoms with Crippen LogP contribution in [0.4, 0.5) is 5.95 Å². The van der Waals surface area contributed by atoms with Crippen LogP contribution in [0.5, 0.6) is 0 Å². The molecule has 4 heterocycles. The molecule has 162 valence electrons. The summed E-state index contributed by atoms with van der Waals surface area (Å²) in [5.41, 5.74) is 0.948. The SMILES string of the molecule is CC.N#CCC1(n2cc(-c3nccc4nc(NC(=O)C5CC(O)C5)nn34)cn2)CNC1. The van der Waals surface area contributed by atoms with Crippen LogP contribution in [0.3, 0.4) is 0 Å². The Kier molecular flexibility index (Phi) is 5.67. The molecule has 3 N–H and O–H groups in total. The van der Waals surface area contributed by atoms with Crippen LogP contribution in [0.2, 0.25) is 0 Å². The molecular formula is C20H25N9O2. The number of nitrogens with zero attached hydrogens (tertiary/aromatic N) is 7. The van der Waals surface area contributed by atoms with E-state index in [0.717, 1.165) is 5.56 Å². The molecule has 1 aliphatic carbocycles. The van der Waals surface area contributed by atoms with Gasteiger partial charge in [0.2, 0.25) is 11.9 Å². The summed E-state index contributed by atoms with van der Waals surface area (Å²) in [5.74, 6) is 0.340. The highest BCUT2D eigenvalue weighted by molar-refractivity contribution is 5.91. The van der Waals surface area contributed by atoms with Gasteiger partial charge in [0.25, 0.3) is 0 Å². The number of anilines is 1. The van der Waals surface area contributed by atoms with Crippen LogP contribution in [0.1, 0.15) is 33.1 Å². The van der Waals surface area contributed by atoms with Crippen LogP contribution in [0, 0.1) is 17.2 Å². The van der Waals surface area contributed by atoms with Crippen molar-refractivity contribution in [2.45, 2.75) is 44.8 Å². The minimum absolute atomic E-state index is 0.190. The van der Waals surface area contributed by atoms with E-state index in [1.807, 2.05) is 24.7 Å². The first-order chi connectivity index (χ1) is 15.1. The van der Waals surface area contributed by atoms with Gasteiger partial charge in [0, 0.05) is 37.5 Å². The number of amides is 1. The number of hydrogen-bond acceptors (Lipinski definition) is 8. The van der Waals surface area contributed by atoms with Crippen molar-refractivity contribution in [2.24, 2.45) is 5.92 Å². The number of aliphatic hydroxyl groups is 1. The molecule has 3 aromatic rings. The van der Waals surface area contributed by atoms with Gasteiger partial charge in [-0.3, -0.25) is 14.8 Å². The summed E-state index contributed by atoms with van der Waals surface area (Å²) in [4.78, 5) is 21.0. The predicted molar refractivity (Wildman–Crippen MR) is 112 cm³/mol. The third-order valence-electron chi connectivity index (χ3n) is 5.62. The van der Waals surface area contributed by atoms with E-state index in [1.165, 1.54) is 0 Å². The number of aliphatic hydroxyl groups excluding tert-OH is 1. The zero-order valence-electron chi connectivity index (χ0n) is 17.5. The second-order valence-electron chi connectivity index (χ2n) is 7.62. The summed E-state index contributed by atoms with van der Waals surface area (Å²) in [5, 5.41) is 33.2. The fourth-order valence-corrected chi connectivity index (χ4v) is 3.71. The van der Waals surface area contributed by atoms with Crippen LogP contribution in [0.25, 0.3) is 17.0 Å². The fraction of sp³-hybridized carbons (Fsp3) is 0.500. The van der Waals surface area contributed by atoms with Gasteiger partial charge in [0.05, 0.1) is 30.4 Å². The third-order valence-corrected chi connectivity index (χ3v) is 5.62. The second kappa shape index (κ2) is 8.41. The molecule has 1 aliphatic heterocycles. The molecule has 0 aromatic carbocycles. The van der Waals surface area contributed by atoms with Gasteiger partial charge in [-0.1, -0.05) is 13.8 Å². The fourth-order valence-electron chi connectivity index (χ4n) is 3.71. The van der Waals surface area contributed by atoms with E-state index >= 15 is 0 Å². The number of aromatic nitrogens is 6. The molecule has 2 fully saturated rings. The number of rotatable bonds is 5. The van der Waals surface area contributed by atoms with Crippen molar-refractivity contribution in [3.63, 3.8) is 0 Å². The smallest absolute Gasteiger partial charge is 0.249 e. The highest BCUT2D eigenvalue weighted by Crippen LogP contribution is 2.29. The Morgan fingerprint density at radius 1 is 1.42 bits per heavy atom. The van der Waals surface area contributed by atoms with E-state index in [1.54, 1.807) is 23.0 Å². The van der Waals surface area contributed by atoms with E-state index in [4.69, 9.17) is 5.26 Å². The van der Waals surface area contributed by atoms with Gasteiger partial charge in [0.1, 0.15) is 5.54 Å². The molecule has 31 heavy (non-hydrogen) atoms. The topological polar surface area (TPSA) is 146 Å². The summed E-state index contributed by atoms with van der Waals surface area (Å²) >= 11 is 0. The highest BCUT2D eigenvalue weighted by Gasteiger charge is 2.39. The van der Waals surface area contributed by atoms with Crippen molar-refractivity contribution in [1.29, 1.82) is 5.26 Å². The molecule has 1 amide bonds. The maximum absolute atomic E-state index is 12.2. The molecule has 0 spiro atoms. The molecule has 11 heteroatoms. The van der Waals surface area contributed by atoms with Gasteiger partial charge in [-0.2, -0.15) is 19.9 Å². The first-order valence-corrected chi connectivity index (χ1v) is 10.4. The molecular weight excluding hydrogens is 398 g/mol. The Balaban J connectivity index is 0.00000112. The quantitative estimate of drug-likeness (QED) is 0.549. The number of carbonyl (C=O) groups is 1. The summed E-state index contributed by atoms with van der Waals surface area (Å²) in [6.45, 7) is 5.38. The van der Waals surface area contributed by atoms with Crippen molar-refractivity contribution < 1.29 is 9.90 Å². The molecule has 0 atom stereocenters. The summed E-state index contributed by atoms with van der Waals surface area (Å²) < 4.78 is 3.37. The average molecular weight is 423 g/mol. The van der Waals surface area contributed by atoms with Gasteiger partial charge < -0.3 is 10.4 Å². The molecule has 1 saturated carbocycles. The average Bonchev–Trinajstić information content (AvgIpc) is 3.36. The first kappa shape index (κ1) is 20.9. The lowest BCUT2D eigenvalue weighted by Gasteiger charge is -2.41. The van der Waals surface area contributed by atoms with Gasteiger partial charge in [-0.05, 0) is 12.8 Å². The standard InChI is InChI=1S/C18H19N9O2.C2H6/c19-3-2-18(9-20-10-18)26-8-12(7-22-26)15-21-4-1-14-23-17(25-27(14)15)24-16(29)11-5-13(28)6-11;1-2/h1,4,7-8,11,13,20,28H,2,5-6,9-10H2,(H,24,25,29);1-2H3. The number of fused-ring (bicyclic) bond motifs is 1. The molecule has 0 unspecified atom stereocenters. The van der Waals surface area contributed by atoms with Crippen molar-refractivity contribution in [2.75, 3.05) is 18.4 Å². The van der Waals surface area contributed by atoms with Crippen molar-refractivity contribution in [3.05, 3.63) is 24.7 Å². The maximum Gasteiger partial charge on any atom is 0.249 e. The number of carbonyl (C=O) groups excluding carboxylic acids is 1. The monoisotopic (exact) mass is 423 g/mol. The molecule has 5 rings (SSSR count). The van der Waals surface area contributed by atoms with Crippen molar-refractivity contribution in [1.82, 2.24) is 34.7 Å². The van der Waals surface area contributed by atoms with E-state index < -0.39 is 6.10 Å². The maximum atomic E-state index is 12.2. The molecule has 0 bridgehead atoms. The second-order valence-corrected chi connectivity index (χ2v) is 7.62. The lowest BCUT2D eigenvalue weighted by molar-refractivity contribution is -0.126. The van der Waals surface area contributed by atoms with E-state index in [0.29, 0.717) is 43.8 Å². The Hall–Kier alpha value is -3.36. The predicted octanol–water partition coefficient (Wildman–Crippen LogP) is 0.936. The Labute approximate surface area is 179 Å². The summed E-state index contributed by atoms with van der Waals surface area (Å²) in [6, 6.07) is 3.94. The zero-order valence-corrected chi connectivity index (χ0v) is 17.5.